The van der Waals surface area contributed by atoms with Gasteiger partial charge in [0.05, 0.1) is 5.69 Å². The predicted octanol–water partition coefficient (Wildman–Crippen LogP) is 6.38. The molecule has 1 heterocycles. The number of hydrogen-bond acceptors (Lipinski definition) is 3. The molecular weight excluding hydrogens is 422 g/mol. The first-order valence-electron chi connectivity index (χ1n) is 10.9. The summed E-state index contributed by atoms with van der Waals surface area (Å²) in [5, 5.41) is 0.569. The number of Topliss-reactive ketones (excluding diaryl/α,β-unsaturated/α-hetero) is 1. The van der Waals surface area contributed by atoms with E-state index in [0.29, 0.717) is 24.5 Å². The molecule has 166 valence electrons. The molecule has 0 saturated heterocycles. The first-order chi connectivity index (χ1) is 15.2. The summed E-state index contributed by atoms with van der Waals surface area (Å²) in [5.74, 6) is 0.574. The van der Waals surface area contributed by atoms with E-state index in [-0.39, 0.29) is 29.4 Å². The number of ketones is 1. The number of benzene rings is 2. The smallest absolute Gasteiger partial charge is 0.232 e. The van der Waals surface area contributed by atoms with Gasteiger partial charge in [-0.25, -0.2) is 0 Å². The van der Waals surface area contributed by atoms with Crippen LogP contribution in [0.25, 0.3) is 0 Å². The fraction of sp³-hybridized carbons (Fsp3) is 0.333. The number of rotatable bonds is 5. The summed E-state index contributed by atoms with van der Waals surface area (Å²) in [6, 6.07) is 13.2. The van der Waals surface area contributed by atoms with Crippen LogP contribution in [0.3, 0.4) is 0 Å². The first kappa shape index (κ1) is 22.3. The Bertz CT molecular complexity index is 1110. The third-order valence-electron chi connectivity index (χ3n) is 6.21. The van der Waals surface area contributed by atoms with E-state index in [0.717, 1.165) is 33.8 Å². The molecule has 0 saturated carbocycles. The standard InChI is InChI=1S/C27H28ClNO3/c1-5-12-32-20-10-7-18(8-11-20)21-14-25(31)29(22-13-19(28)9-6-17(22)2)23-15-27(3,4)16-24(30)26(21)23/h5-11,13,21H,1,12,14-16H2,2-4H3. The molecule has 0 aromatic heterocycles. The van der Waals surface area contributed by atoms with E-state index in [1.54, 1.807) is 11.0 Å². The van der Waals surface area contributed by atoms with Crippen LogP contribution in [0, 0.1) is 12.3 Å². The Hall–Kier alpha value is -2.85. The second kappa shape index (κ2) is 8.59. The highest BCUT2D eigenvalue weighted by Crippen LogP contribution is 2.48. The average Bonchev–Trinajstić information content (AvgIpc) is 2.73. The number of aryl methyl sites for hydroxylation is 1. The zero-order valence-electron chi connectivity index (χ0n) is 18.8. The molecule has 1 atom stereocenters. The molecule has 0 radical (unpaired) electrons. The van der Waals surface area contributed by atoms with Gasteiger partial charge in [-0.2, -0.15) is 0 Å². The van der Waals surface area contributed by atoms with E-state index >= 15 is 0 Å². The first-order valence-corrected chi connectivity index (χ1v) is 11.3. The van der Waals surface area contributed by atoms with Crippen LogP contribution in [0.1, 0.15) is 50.2 Å². The Morgan fingerprint density at radius 1 is 1.16 bits per heavy atom. The third kappa shape index (κ3) is 4.24. The molecule has 0 N–H and O–H groups in total. The van der Waals surface area contributed by atoms with Crippen LogP contribution in [0.4, 0.5) is 5.69 Å². The van der Waals surface area contributed by atoms with Crippen molar-refractivity contribution in [2.75, 3.05) is 11.5 Å². The molecule has 0 bridgehead atoms. The molecule has 32 heavy (non-hydrogen) atoms. The molecule has 1 aliphatic heterocycles. The summed E-state index contributed by atoms with van der Waals surface area (Å²) in [4.78, 5) is 28.7. The summed E-state index contributed by atoms with van der Waals surface area (Å²) in [5.41, 5.74) is 4.01. The summed E-state index contributed by atoms with van der Waals surface area (Å²) in [6.45, 7) is 10.2. The van der Waals surface area contributed by atoms with Crippen molar-refractivity contribution >= 4 is 29.0 Å². The molecule has 2 aromatic carbocycles. The average molecular weight is 450 g/mol. The zero-order valence-corrected chi connectivity index (χ0v) is 19.5. The quantitative estimate of drug-likeness (QED) is 0.498. The van der Waals surface area contributed by atoms with Crippen LogP contribution in [-0.2, 0) is 9.59 Å². The van der Waals surface area contributed by atoms with E-state index in [9.17, 15) is 9.59 Å². The molecule has 2 aromatic rings. The molecule has 2 aliphatic rings. The number of halogens is 1. The van der Waals surface area contributed by atoms with Crippen LogP contribution >= 0.6 is 11.6 Å². The minimum Gasteiger partial charge on any atom is -0.490 e. The maximum Gasteiger partial charge on any atom is 0.232 e. The molecule has 0 spiro atoms. The fourth-order valence-corrected chi connectivity index (χ4v) is 4.92. The topological polar surface area (TPSA) is 46.6 Å². The number of carbonyl (C=O) groups is 2. The van der Waals surface area contributed by atoms with Crippen molar-refractivity contribution in [2.24, 2.45) is 5.41 Å². The lowest BCUT2D eigenvalue weighted by atomic mass is 9.69. The highest BCUT2D eigenvalue weighted by molar-refractivity contribution is 6.31. The van der Waals surface area contributed by atoms with Crippen molar-refractivity contribution in [1.82, 2.24) is 0 Å². The zero-order chi connectivity index (χ0) is 23.0. The van der Waals surface area contributed by atoms with Crippen molar-refractivity contribution in [3.8, 4) is 5.75 Å². The molecule has 1 unspecified atom stereocenters. The highest BCUT2D eigenvalue weighted by Gasteiger charge is 2.44. The number of allylic oxidation sites excluding steroid dienone is 2. The van der Waals surface area contributed by atoms with Gasteiger partial charge < -0.3 is 4.74 Å². The van der Waals surface area contributed by atoms with Gasteiger partial charge >= 0.3 is 0 Å². The Morgan fingerprint density at radius 2 is 1.88 bits per heavy atom. The lowest BCUT2D eigenvalue weighted by Crippen LogP contribution is -2.44. The second-order valence-corrected chi connectivity index (χ2v) is 9.82. The van der Waals surface area contributed by atoms with E-state index in [2.05, 4.69) is 20.4 Å². The maximum absolute atomic E-state index is 13.5. The molecule has 5 heteroatoms. The Labute approximate surface area is 194 Å². The molecule has 4 nitrogen and oxygen atoms in total. The molecule has 0 fully saturated rings. The van der Waals surface area contributed by atoms with E-state index in [1.807, 2.05) is 49.4 Å². The van der Waals surface area contributed by atoms with E-state index in [4.69, 9.17) is 16.3 Å². The number of hydrogen-bond donors (Lipinski definition) is 0. The number of ether oxygens (including phenoxy) is 1. The van der Waals surface area contributed by atoms with Crippen molar-refractivity contribution in [3.05, 3.63) is 82.5 Å². The predicted molar refractivity (Wildman–Crippen MR) is 128 cm³/mol. The van der Waals surface area contributed by atoms with Gasteiger partial charge in [-0.1, -0.05) is 56.3 Å². The monoisotopic (exact) mass is 449 g/mol. The Balaban J connectivity index is 1.83. The Kier molecular flexibility index (Phi) is 6.00. The van der Waals surface area contributed by atoms with Gasteiger partial charge in [0.25, 0.3) is 0 Å². The molecule has 1 aliphatic carbocycles. The van der Waals surface area contributed by atoms with Crippen molar-refractivity contribution in [2.45, 2.75) is 46.0 Å². The van der Waals surface area contributed by atoms with E-state index in [1.165, 1.54) is 0 Å². The van der Waals surface area contributed by atoms with Crippen LogP contribution < -0.4 is 9.64 Å². The van der Waals surface area contributed by atoms with Gasteiger partial charge in [0.15, 0.2) is 5.78 Å². The largest absolute Gasteiger partial charge is 0.490 e. The number of amides is 1. The highest BCUT2D eigenvalue weighted by atomic mass is 35.5. The van der Waals surface area contributed by atoms with E-state index < -0.39 is 0 Å². The summed E-state index contributed by atoms with van der Waals surface area (Å²) in [7, 11) is 0. The fourth-order valence-electron chi connectivity index (χ4n) is 4.75. The normalized spacial score (nSPS) is 20.2. The second-order valence-electron chi connectivity index (χ2n) is 9.39. The summed E-state index contributed by atoms with van der Waals surface area (Å²) in [6.07, 6.45) is 3.06. The van der Waals surface area contributed by atoms with Crippen LogP contribution in [0.5, 0.6) is 5.75 Å². The van der Waals surface area contributed by atoms with Crippen LogP contribution in [0.2, 0.25) is 5.02 Å². The van der Waals surface area contributed by atoms with Gasteiger partial charge in [-0.3, -0.25) is 14.5 Å². The molecule has 1 amide bonds. The van der Waals surface area contributed by atoms with Crippen LogP contribution in [-0.4, -0.2) is 18.3 Å². The van der Waals surface area contributed by atoms with Gasteiger partial charge in [0.1, 0.15) is 12.4 Å². The van der Waals surface area contributed by atoms with Crippen molar-refractivity contribution in [1.29, 1.82) is 0 Å². The minimum atomic E-state index is -0.259. The third-order valence-corrected chi connectivity index (χ3v) is 6.44. The summed E-state index contributed by atoms with van der Waals surface area (Å²) < 4.78 is 5.59. The number of nitrogens with zero attached hydrogens (tertiary/aromatic N) is 1. The van der Waals surface area contributed by atoms with Crippen LogP contribution in [0.15, 0.2) is 66.4 Å². The Morgan fingerprint density at radius 3 is 2.56 bits per heavy atom. The molecular formula is C27H28ClNO3. The van der Waals surface area contributed by atoms with Gasteiger partial charge in [0, 0.05) is 35.1 Å². The van der Waals surface area contributed by atoms with Gasteiger partial charge in [-0.05, 0) is 54.2 Å². The minimum absolute atomic E-state index is 0.0170. The van der Waals surface area contributed by atoms with Gasteiger partial charge in [0.2, 0.25) is 5.91 Å². The molecule has 4 rings (SSSR count). The van der Waals surface area contributed by atoms with Gasteiger partial charge in [-0.15, -0.1) is 0 Å². The van der Waals surface area contributed by atoms with Crippen molar-refractivity contribution in [3.63, 3.8) is 0 Å². The maximum atomic E-state index is 13.5. The van der Waals surface area contributed by atoms with Crippen molar-refractivity contribution < 1.29 is 14.3 Å². The lowest BCUT2D eigenvalue weighted by molar-refractivity contribution is -0.121. The lowest BCUT2D eigenvalue weighted by Gasteiger charge is -2.43. The number of carbonyl (C=O) groups excluding carboxylic acids is 2. The SMILES string of the molecule is C=CCOc1ccc(C2CC(=O)N(c3cc(Cl)ccc3C)C3=C2C(=O)CC(C)(C)C3)cc1. The summed E-state index contributed by atoms with van der Waals surface area (Å²) >= 11 is 6.28. The number of anilines is 1.